The Hall–Kier alpha value is -0.550. The molecule has 1 fully saturated rings. The third kappa shape index (κ3) is 4.28. The van der Waals surface area contributed by atoms with Gasteiger partial charge in [0.25, 0.3) is 0 Å². The molecule has 1 saturated carbocycles. The summed E-state index contributed by atoms with van der Waals surface area (Å²) < 4.78 is 5.47. The van der Waals surface area contributed by atoms with Crippen molar-refractivity contribution in [3.63, 3.8) is 0 Å². The van der Waals surface area contributed by atoms with Gasteiger partial charge in [-0.2, -0.15) is 5.26 Å². The van der Waals surface area contributed by atoms with Crippen LogP contribution in [0.3, 0.4) is 0 Å². The molecule has 0 aromatic heterocycles. The van der Waals surface area contributed by atoms with Crippen LogP contribution in [0.25, 0.3) is 0 Å². The molecule has 0 aliphatic heterocycles. The summed E-state index contributed by atoms with van der Waals surface area (Å²) in [7, 11) is 1.76. The molecule has 104 valence electrons. The molecular formula is C16H29NO. The van der Waals surface area contributed by atoms with Crippen LogP contribution < -0.4 is 0 Å². The molecule has 18 heavy (non-hydrogen) atoms. The topological polar surface area (TPSA) is 33.0 Å². The summed E-state index contributed by atoms with van der Waals surface area (Å²) >= 11 is 0. The molecule has 0 saturated heterocycles. The molecule has 0 aromatic carbocycles. The fourth-order valence-corrected chi connectivity index (χ4v) is 2.99. The Balaban J connectivity index is 2.49. The van der Waals surface area contributed by atoms with E-state index in [9.17, 15) is 5.26 Å². The van der Waals surface area contributed by atoms with Crippen LogP contribution in [-0.4, -0.2) is 12.7 Å². The molecule has 2 heteroatoms. The maximum absolute atomic E-state index is 9.54. The zero-order valence-corrected chi connectivity index (χ0v) is 12.6. The van der Waals surface area contributed by atoms with Gasteiger partial charge in [-0.25, -0.2) is 0 Å². The molecule has 0 radical (unpaired) electrons. The van der Waals surface area contributed by atoms with Crippen LogP contribution in [0.2, 0.25) is 0 Å². The lowest BCUT2D eigenvalue weighted by Gasteiger charge is -2.37. The summed E-state index contributed by atoms with van der Waals surface area (Å²) in [4.78, 5) is 0. The molecule has 0 heterocycles. The minimum absolute atomic E-state index is 0.0694. The second-order valence-corrected chi connectivity index (χ2v) is 6.59. The summed E-state index contributed by atoms with van der Waals surface area (Å²) in [5, 5.41) is 9.54. The fraction of sp³-hybridized carbons (Fsp3) is 0.938. The van der Waals surface area contributed by atoms with Crippen molar-refractivity contribution in [2.24, 2.45) is 11.3 Å². The first-order valence-corrected chi connectivity index (χ1v) is 7.43. The molecule has 0 bridgehead atoms. The number of nitrogens with zero attached hydrogens (tertiary/aromatic N) is 1. The van der Waals surface area contributed by atoms with Gasteiger partial charge in [0, 0.05) is 7.11 Å². The van der Waals surface area contributed by atoms with E-state index in [0.717, 1.165) is 31.6 Å². The molecular weight excluding hydrogens is 222 g/mol. The lowest BCUT2D eigenvalue weighted by Crippen LogP contribution is -2.30. The van der Waals surface area contributed by atoms with Crippen LogP contribution in [-0.2, 0) is 4.74 Å². The van der Waals surface area contributed by atoms with Crippen molar-refractivity contribution in [3.8, 4) is 6.07 Å². The van der Waals surface area contributed by atoms with Crippen molar-refractivity contribution in [1.29, 1.82) is 5.26 Å². The zero-order chi connectivity index (χ0) is 13.6. The van der Waals surface area contributed by atoms with Crippen LogP contribution in [0.4, 0.5) is 0 Å². The van der Waals surface area contributed by atoms with E-state index in [1.807, 2.05) is 0 Å². The lowest BCUT2D eigenvalue weighted by molar-refractivity contribution is 0.00353. The number of hydrogen-bond donors (Lipinski definition) is 0. The maximum atomic E-state index is 9.54. The molecule has 2 nitrogen and oxygen atoms in total. The van der Waals surface area contributed by atoms with E-state index in [1.54, 1.807) is 7.11 Å². The Bertz CT molecular complexity index is 282. The van der Waals surface area contributed by atoms with Crippen LogP contribution in [0.1, 0.15) is 72.1 Å². The molecule has 0 aromatic rings. The summed E-state index contributed by atoms with van der Waals surface area (Å²) in [6, 6.07) is 2.62. The number of rotatable bonds is 6. The molecule has 0 amide bonds. The minimum Gasteiger partial charge on any atom is -0.379 e. The monoisotopic (exact) mass is 251 g/mol. The van der Waals surface area contributed by atoms with Gasteiger partial charge in [-0.3, -0.25) is 0 Å². The Morgan fingerprint density at radius 1 is 1.33 bits per heavy atom. The third-order valence-corrected chi connectivity index (χ3v) is 4.75. The van der Waals surface area contributed by atoms with Gasteiger partial charge in [0.05, 0.1) is 17.1 Å². The third-order valence-electron chi connectivity index (χ3n) is 4.75. The molecule has 0 N–H and O–H groups in total. The predicted octanol–water partition coefficient (Wildman–Crippen LogP) is 4.69. The Kier molecular flexibility index (Phi) is 5.66. The van der Waals surface area contributed by atoms with Crippen molar-refractivity contribution in [1.82, 2.24) is 0 Å². The summed E-state index contributed by atoms with van der Waals surface area (Å²) in [5.41, 5.74) is -0.163. The first-order valence-electron chi connectivity index (χ1n) is 7.43. The highest BCUT2D eigenvalue weighted by Crippen LogP contribution is 2.44. The first-order chi connectivity index (χ1) is 8.47. The summed E-state index contributed by atoms with van der Waals surface area (Å²) in [6.45, 7) is 6.48. The van der Waals surface area contributed by atoms with Gasteiger partial charge >= 0.3 is 0 Å². The van der Waals surface area contributed by atoms with E-state index in [-0.39, 0.29) is 11.0 Å². The van der Waals surface area contributed by atoms with Gasteiger partial charge in [0.2, 0.25) is 0 Å². The van der Waals surface area contributed by atoms with Crippen molar-refractivity contribution in [3.05, 3.63) is 0 Å². The van der Waals surface area contributed by atoms with Gasteiger partial charge in [0.15, 0.2) is 0 Å². The van der Waals surface area contributed by atoms with E-state index >= 15 is 0 Å². The second-order valence-electron chi connectivity index (χ2n) is 6.59. The van der Waals surface area contributed by atoms with Gasteiger partial charge in [-0.1, -0.05) is 19.8 Å². The Morgan fingerprint density at radius 2 is 1.94 bits per heavy atom. The van der Waals surface area contributed by atoms with E-state index < -0.39 is 0 Å². The number of ether oxygens (including phenoxy) is 1. The zero-order valence-electron chi connectivity index (χ0n) is 12.6. The lowest BCUT2D eigenvalue weighted by atomic mass is 9.67. The second kappa shape index (κ2) is 6.57. The summed E-state index contributed by atoms with van der Waals surface area (Å²) in [6.07, 6.45) is 9.26. The average Bonchev–Trinajstić information content (AvgIpc) is 2.39. The van der Waals surface area contributed by atoms with E-state index in [0.29, 0.717) is 0 Å². The molecule has 0 atom stereocenters. The van der Waals surface area contributed by atoms with Crippen molar-refractivity contribution < 1.29 is 4.74 Å². The van der Waals surface area contributed by atoms with Gasteiger partial charge < -0.3 is 4.74 Å². The fourth-order valence-electron chi connectivity index (χ4n) is 2.99. The minimum atomic E-state index is -0.0931. The quantitative estimate of drug-likeness (QED) is 0.686. The van der Waals surface area contributed by atoms with E-state index in [4.69, 9.17) is 4.74 Å². The maximum Gasteiger partial charge on any atom is 0.0689 e. The van der Waals surface area contributed by atoms with Gasteiger partial charge in [0.1, 0.15) is 0 Å². The van der Waals surface area contributed by atoms with Crippen LogP contribution in [0.5, 0.6) is 0 Å². The molecule has 1 rings (SSSR count). The molecule has 1 aliphatic carbocycles. The number of nitriles is 1. The summed E-state index contributed by atoms with van der Waals surface area (Å²) in [5.74, 6) is 0.868. The standard InChI is InChI=1S/C16H29NO/c1-5-6-14-7-9-16(13-17,10-8-14)12-11-15(2,3)18-4/h14H,5-12H2,1-4H3. The van der Waals surface area contributed by atoms with Crippen molar-refractivity contribution in [2.45, 2.75) is 77.7 Å². The van der Waals surface area contributed by atoms with Crippen LogP contribution >= 0.6 is 0 Å². The highest BCUT2D eigenvalue weighted by Gasteiger charge is 2.36. The molecule has 0 unspecified atom stereocenters. The smallest absolute Gasteiger partial charge is 0.0689 e. The molecule has 1 aliphatic rings. The number of hydrogen-bond acceptors (Lipinski definition) is 2. The average molecular weight is 251 g/mol. The van der Waals surface area contributed by atoms with Crippen molar-refractivity contribution >= 4 is 0 Å². The SMILES string of the molecule is CCCC1CCC(C#N)(CCC(C)(C)OC)CC1. The van der Waals surface area contributed by atoms with Crippen LogP contribution in [0, 0.1) is 22.7 Å². The molecule has 0 spiro atoms. The predicted molar refractivity (Wildman–Crippen MR) is 75.2 cm³/mol. The van der Waals surface area contributed by atoms with Gasteiger partial charge in [-0.05, 0) is 58.3 Å². The normalized spacial score (nSPS) is 28.9. The van der Waals surface area contributed by atoms with E-state index in [1.165, 1.54) is 25.7 Å². The van der Waals surface area contributed by atoms with Gasteiger partial charge in [-0.15, -0.1) is 0 Å². The highest BCUT2D eigenvalue weighted by molar-refractivity contribution is 5.02. The number of methoxy groups -OCH3 is 1. The largest absolute Gasteiger partial charge is 0.379 e. The van der Waals surface area contributed by atoms with Crippen LogP contribution in [0.15, 0.2) is 0 Å². The first kappa shape index (κ1) is 15.5. The highest BCUT2D eigenvalue weighted by atomic mass is 16.5. The Labute approximate surface area is 113 Å². The van der Waals surface area contributed by atoms with E-state index in [2.05, 4.69) is 26.8 Å². The Morgan fingerprint density at radius 3 is 2.39 bits per heavy atom. The van der Waals surface area contributed by atoms with Crippen molar-refractivity contribution in [2.75, 3.05) is 7.11 Å².